The lowest BCUT2D eigenvalue weighted by molar-refractivity contribution is 0.317. The Morgan fingerprint density at radius 2 is 1.78 bits per heavy atom. The largest absolute Gasteiger partial charge is 0.496 e. The minimum Gasteiger partial charge on any atom is -0.496 e. The van der Waals surface area contributed by atoms with Gasteiger partial charge in [0.2, 0.25) is 0 Å². The van der Waals surface area contributed by atoms with Gasteiger partial charge in [-0.15, -0.1) is 0 Å². The van der Waals surface area contributed by atoms with Crippen LogP contribution in [0.1, 0.15) is 11.4 Å². The third-order valence-electron chi connectivity index (χ3n) is 6.28. The van der Waals surface area contributed by atoms with Crippen LogP contribution < -0.4 is 9.47 Å². The van der Waals surface area contributed by atoms with E-state index in [2.05, 4.69) is 28.0 Å². The predicted molar refractivity (Wildman–Crippen MR) is 138 cm³/mol. The summed E-state index contributed by atoms with van der Waals surface area (Å²) in [4.78, 5) is 14.7. The minimum atomic E-state index is -0.262. The van der Waals surface area contributed by atoms with Crippen molar-refractivity contribution in [3.8, 4) is 28.3 Å². The number of nitrogens with one attached hydrogen (secondary N) is 1. The Morgan fingerprint density at radius 1 is 1.03 bits per heavy atom. The van der Waals surface area contributed by atoms with E-state index in [1.807, 2.05) is 35.0 Å². The fourth-order valence-corrected chi connectivity index (χ4v) is 4.46. The van der Waals surface area contributed by atoms with Gasteiger partial charge >= 0.3 is 0 Å². The summed E-state index contributed by atoms with van der Waals surface area (Å²) in [7, 11) is 5.42. The maximum Gasteiger partial charge on any atom is 0.125 e. The third-order valence-corrected chi connectivity index (χ3v) is 6.28. The first-order valence-electron chi connectivity index (χ1n) is 11.7. The zero-order chi connectivity index (χ0) is 25.1. The smallest absolute Gasteiger partial charge is 0.125 e. The van der Waals surface area contributed by atoms with Crippen LogP contribution >= 0.6 is 0 Å². The first-order chi connectivity index (χ1) is 17.6. The molecule has 7 nitrogen and oxygen atoms in total. The molecule has 0 aliphatic carbocycles. The van der Waals surface area contributed by atoms with Gasteiger partial charge in [-0.2, -0.15) is 0 Å². The molecule has 0 fully saturated rings. The molecular formula is C28H28FN5O2. The van der Waals surface area contributed by atoms with E-state index in [-0.39, 0.29) is 5.82 Å². The van der Waals surface area contributed by atoms with E-state index < -0.39 is 0 Å². The van der Waals surface area contributed by atoms with E-state index in [0.717, 1.165) is 63.7 Å². The van der Waals surface area contributed by atoms with E-state index in [4.69, 9.17) is 14.5 Å². The Morgan fingerprint density at radius 3 is 2.44 bits per heavy atom. The molecule has 0 spiro atoms. The molecule has 36 heavy (non-hydrogen) atoms. The number of nitrogens with zero attached hydrogens (tertiary/aromatic N) is 4. The summed E-state index contributed by atoms with van der Waals surface area (Å²) in [5.41, 5.74) is 5.65. The summed E-state index contributed by atoms with van der Waals surface area (Å²) in [5.74, 6) is 2.26. The number of aromatic nitrogens is 4. The summed E-state index contributed by atoms with van der Waals surface area (Å²) >= 11 is 0. The average molecular weight is 486 g/mol. The molecule has 0 amide bonds. The lowest BCUT2D eigenvalue weighted by atomic mass is 10.0. The molecule has 0 saturated carbocycles. The molecule has 0 bridgehead atoms. The number of rotatable bonds is 9. The van der Waals surface area contributed by atoms with Crippen LogP contribution in [-0.2, 0) is 13.0 Å². The van der Waals surface area contributed by atoms with Gasteiger partial charge in [0.1, 0.15) is 23.1 Å². The van der Waals surface area contributed by atoms with E-state index in [9.17, 15) is 4.39 Å². The summed E-state index contributed by atoms with van der Waals surface area (Å²) in [6.07, 6.45) is 6.16. The van der Waals surface area contributed by atoms with E-state index >= 15 is 0 Å². The standard InChI is InChI=1S/C28H28FN5O2/c1-33(13-11-21-26(35-2)5-4-6-27(21)36-3)17-28-31-23-15-22(19-7-9-20(29)10-8-19)25(16-24(23)32-28)34-14-12-30-18-34/h4-10,12,14-16,18H,11,13,17H2,1-3H3,(H,31,32). The number of H-pyrrole nitrogens is 1. The van der Waals surface area contributed by atoms with Crippen LogP contribution in [0.15, 0.2) is 73.3 Å². The zero-order valence-corrected chi connectivity index (χ0v) is 20.5. The number of benzene rings is 3. The Kier molecular flexibility index (Phi) is 6.69. The molecule has 2 aromatic heterocycles. The number of likely N-dealkylation sites (N-methyl/N-ethyl adjacent to an activating group) is 1. The predicted octanol–water partition coefficient (Wildman–Crippen LogP) is 5.25. The van der Waals surface area contributed by atoms with Gasteiger partial charge in [0.25, 0.3) is 0 Å². The van der Waals surface area contributed by atoms with Crippen LogP contribution in [0.25, 0.3) is 27.8 Å². The summed E-state index contributed by atoms with van der Waals surface area (Å²) in [6.45, 7) is 1.45. The van der Waals surface area contributed by atoms with Crippen LogP contribution in [-0.4, -0.2) is 52.2 Å². The minimum absolute atomic E-state index is 0.262. The molecule has 0 aliphatic rings. The SMILES string of the molecule is COc1cccc(OC)c1CCN(C)Cc1nc2cc(-n3ccnc3)c(-c3ccc(F)cc3)cc2[nH]1. The molecule has 5 rings (SSSR count). The van der Waals surface area contributed by atoms with Crippen molar-refractivity contribution >= 4 is 11.0 Å². The molecule has 0 unspecified atom stereocenters. The van der Waals surface area contributed by atoms with Crippen molar-refractivity contribution in [1.82, 2.24) is 24.4 Å². The second-order valence-corrected chi connectivity index (χ2v) is 8.68. The molecule has 0 aliphatic heterocycles. The molecule has 184 valence electrons. The van der Waals surface area contributed by atoms with Crippen molar-refractivity contribution in [2.24, 2.45) is 0 Å². The van der Waals surface area contributed by atoms with Gasteiger partial charge < -0.3 is 19.0 Å². The van der Waals surface area contributed by atoms with Crippen LogP contribution in [0.5, 0.6) is 11.5 Å². The number of aromatic amines is 1. The second kappa shape index (κ2) is 10.2. The number of halogens is 1. The molecule has 5 aromatic rings. The molecule has 1 N–H and O–H groups in total. The van der Waals surface area contributed by atoms with E-state index in [0.29, 0.717) is 6.54 Å². The lowest BCUT2D eigenvalue weighted by Crippen LogP contribution is -2.21. The Hall–Kier alpha value is -4.17. The summed E-state index contributed by atoms with van der Waals surface area (Å²) in [6, 6.07) is 16.5. The zero-order valence-electron chi connectivity index (χ0n) is 20.5. The highest BCUT2D eigenvalue weighted by atomic mass is 19.1. The summed E-state index contributed by atoms with van der Waals surface area (Å²) in [5, 5.41) is 0. The van der Waals surface area contributed by atoms with Gasteiger partial charge in [-0.1, -0.05) is 18.2 Å². The maximum atomic E-state index is 13.6. The lowest BCUT2D eigenvalue weighted by Gasteiger charge is -2.18. The monoisotopic (exact) mass is 485 g/mol. The van der Waals surface area contributed by atoms with Crippen molar-refractivity contribution in [1.29, 1.82) is 0 Å². The fraction of sp³-hybridized carbons (Fsp3) is 0.214. The van der Waals surface area contributed by atoms with Crippen molar-refractivity contribution in [2.75, 3.05) is 27.8 Å². The summed E-state index contributed by atoms with van der Waals surface area (Å²) < 4.78 is 26.6. The quantitative estimate of drug-likeness (QED) is 0.309. The highest BCUT2D eigenvalue weighted by molar-refractivity contribution is 5.87. The van der Waals surface area contributed by atoms with Gasteiger partial charge in [-0.25, -0.2) is 14.4 Å². The number of imidazole rings is 2. The number of methoxy groups -OCH3 is 2. The number of hydrogen-bond acceptors (Lipinski definition) is 5. The van der Waals surface area contributed by atoms with Gasteiger partial charge in [-0.05, 0) is 55.4 Å². The van der Waals surface area contributed by atoms with Crippen molar-refractivity contribution < 1.29 is 13.9 Å². The van der Waals surface area contributed by atoms with Gasteiger partial charge in [-0.3, -0.25) is 4.90 Å². The molecular weight excluding hydrogens is 457 g/mol. The molecule has 3 aromatic carbocycles. The Labute approximate surface area is 209 Å². The van der Waals surface area contributed by atoms with Gasteiger partial charge in [0, 0.05) is 30.1 Å². The number of fused-ring (bicyclic) bond motifs is 1. The number of ether oxygens (including phenoxy) is 2. The maximum absolute atomic E-state index is 13.6. The highest BCUT2D eigenvalue weighted by Crippen LogP contribution is 2.31. The average Bonchev–Trinajstić information content (AvgIpc) is 3.56. The highest BCUT2D eigenvalue weighted by Gasteiger charge is 2.15. The van der Waals surface area contributed by atoms with E-state index in [1.54, 1.807) is 38.9 Å². The second-order valence-electron chi connectivity index (χ2n) is 8.68. The van der Waals surface area contributed by atoms with Gasteiger partial charge in [0.05, 0.1) is 43.8 Å². The van der Waals surface area contributed by atoms with E-state index in [1.165, 1.54) is 12.1 Å². The Bertz CT molecular complexity index is 1440. The molecule has 2 heterocycles. The normalized spacial score (nSPS) is 11.4. The fourth-order valence-electron chi connectivity index (χ4n) is 4.46. The Balaban J connectivity index is 1.40. The first-order valence-corrected chi connectivity index (χ1v) is 11.7. The first kappa shape index (κ1) is 23.6. The number of hydrogen-bond donors (Lipinski definition) is 1. The van der Waals surface area contributed by atoms with Crippen molar-refractivity contribution in [3.63, 3.8) is 0 Å². The van der Waals surface area contributed by atoms with Crippen LogP contribution in [0.4, 0.5) is 4.39 Å². The molecule has 0 saturated heterocycles. The van der Waals surface area contributed by atoms with Gasteiger partial charge in [0.15, 0.2) is 0 Å². The molecule has 8 heteroatoms. The third kappa shape index (κ3) is 4.81. The molecule has 0 atom stereocenters. The molecule has 0 radical (unpaired) electrons. The topological polar surface area (TPSA) is 68.2 Å². The van der Waals surface area contributed by atoms with Crippen molar-refractivity contribution in [3.05, 3.63) is 90.5 Å². The van der Waals surface area contributed by atoms with Crippen molar-refractivity contribution in [2.45, 2.75) is 13.0 Å². The van der Waals surface area contributed by atoms with Crippen LogP contribution in [0.2, 0.25) is 0 Å². The van der Waals surface area contributed by atoms with Crippen LogP contribution in [0, 0.1) is 5.82 Å². The van der Waals surface area contributed by atoms with Crippen LogP contribution in [0.3, 0.4) is 0 Å².